The summed E-state index contributed by atoms with van der Waals surface area (Å²) in [5.41, 5.74) is 1.07. The molecule has 6 heteroatoms. The van der Waals surface area contributed by atoms with Gasteiger partial charge in [-0.3, -0.25) is 4.79 Å². The van der Waals surface area contributed by atoms with Gasteiger partial charge < -0.3 is 14.8 Å². The van der Waals surface area contributed by atoms with Crippen LogP contribution in [0.1, 0.15) is 10.4 Å². The normalized spacial score (nSPS) is 10.2. The van der Waals surface area contributed by atoms with Crippen molar-refractivity contribution < 1.29 is 14.3 Å². The van der Waals surface area contributed by atoms with Crippen LogP contribution in [0.2, 0.25) is 4.34 Å². The Kier molecular flexibility index (Phi) is 6.50. The first-order chi connectivity index (χ1) is 11.1. The third kappa shape index (κ3) is 5.30. The van der Waals surface area contributed by atoms with Gasteiger partial charge in [-0.25, -0.2) is 0 Å². The largest absolute Gasteiger partial charge is 0.493 e. The smallest absolute Gasteiger partial charge is 0.258 e. The van der Waals surface area contributed by atoms with Crippen LogP contribution in [0.25, 0.3) is 0 Å². The Morgan fingerprint density at radius 2 is 2.17 bits per heavy atom. The Bertz CT molecular complexity index is 684. The van der Waals surface area contributed by atoms with Crippen molar-refractivity contribution in [3.8, 4) is 11.5 Å². The van der Waals surface area contributed by atoms with Crippen molar-refractivity contribution in [2.75, 3.05) is 13.7 Å². The zero-order chi connectivity index (χ0) is 16.7. The van der Waals surface area contributed by atoms with E-state index >= 15 is 0 Å². The van der Waals surface area contributed by atoms with Crippen molar-refractivity contribution in [2.24, 2.45) is 0 Å². The van der Waals surface area contributed by atoms with Gasteiger partial charge in [0, 0.05) is 4.88 Å². The number of allylic oxidation sites excluding steroid dienone is 1. The highest BCUT2D eigenvalue weighted by atomic mass is 35.5. The molecule has 2 rings (SSSR count). The lowest BCUT2D eigenvalue weighted by molar-refractivity contribution is -0.123. The average molecular weight is 352 g/mol. The summed E-state index contributed by atoms with van der Waals surface area (Å²) < 4.78 is 11.5. The predicted octanol–water partition coefficient (Wildman–Crippen LogP) is 3.83. The second-order valence-electron chi connectivity index (χ2n) is 4.75. The second-order valence-corrected chi connectivity index (χ2v) is 6.55. The van der Waals surface area contributed by atoms with Crippen LogP contribution < -0.4 is 14.8 Å². The van der Waals surface area contributed by atoms with E-state index in [0.29, 0.717) is 22.4 Å². The zero-order valence-electron chi connectivity index (χ0n) is 12.8. The number of rotatable bonds is 8. The fourth-order valence-electron chi connectivity index (χ4n) is 1.95. The first kappa shape index (κ1) is 17.4. The SMILES string of the molecule is C=CCc1ccc(OCC(=O)NCc2ccc(Cl)s2)c(OC)c1. The van der Waals surface area contributed by atoms with Crippen molar-refractivity contribution in [2.45, 2.75) is 13.0 Å². The molecule has 1 amide bonds. The Morgan fingerprint density at radius 1 is 1.35 bits per heavy atom. The molecule has 0 bridgehead atoms. The van der Waals surface area contributed by atoms with Crippen LogP contribution in [-0.2, 0) is 17.8 Å². The molecule has 4 nitrogen and oxygen atoms in total. The number of nitrogens with one attached hydrogen (secondary N) is 1. The third-order valence-corrected chi connectivity index (χ3v) is 4.29. The van der Waals surface area contributed by atoms with Gasteiger partial charge >= 0.3 is 0 Å². The molecule has 1 aromatic carbocycles. The summed E-state index contributed by atoms with van der Waals surface area (Å²) in [5, 5.41) is 2.79. The molecule has 1 aromatic heterocycles. The highest BCUT2D eigenvalue weighted by Crippen LogP contribution is 2.28. The number of hydrogen-bond donors (Lipinski definition) is 1. The monoisotopic (exact) mass is 351 g/mol. The minimum Gasteiger partial charge on any atom is -0.493 e. The molecule has 0 saturated heterocycles. The lowest BCUT2D eigenvalue weighted by Gasteiger charge is -2.11. The van der Waals surface area contributed by atoms with Crippen LogP contribution in [0.3, 0.4) is 0 Å². The van der Waals surface area contributed by atoms with Gasteiger partial charge in [0.1, 0.15) is 0 Å². The molecule has 1 N–H and O–H groups in total. The van der Waals surface area contributed by atoms with Crippen LogP contribution in [0, 0.1) is 0 Å². The molecule has 0 radical (unpaired) electrons. The maximum absolute atomic E-state index is 11.8. The fourth-order valence-corrected chi connectivity index (χ4v) is 2.98. The van der Waals surface area contributed by atoms with Crippen LogP contribution in [0.5, 0.6) is 11.5 Å². The summed E-state index contributed by atoms with van der Waals surface area (Å²) >= 11 is 7.28. The van der Waals surface area contributed by atoms with Crippen molar-refractivity contribution in [3.05, 3.63) is 57.8 Å². The standard InChI is InChI=1S/C17H18ClNO3S/c1-3-4-12-5-7-14(15(9-12)21-2)22-11-17(20)19-10-13-6-8-16(18)23-13/h3,5-9H,1,4,10-11H2,2H3,(H,19,20). The maximum Gasteiger partial charge on any atom is 0.258 e. The molecular weight excluding hydrogens is 334 g/mol. The molecule has 2 aromatic rings. The molecule has 0 unspecified atom stereocenters. The van der Waals surface area contributed by atoms with Gasteiger partial charge in [0.25, 0.3) is 5.91 Å². The van der Waals surface area contributed by atoms with E-state index < -0.39 is 0 Å². The summed E-state index contributed by atoms with van der Waals surface area (Å²) in [6.07, 6.45) is 2.57. The average Bonchev–Trinajstić information content (AvgIpc) is 2.97. The van der Waals surface area contributed by atoms with Crippen LogP contribution in [0.15, 0.2) is 43.0 Å². The van der Waals surface area contributed by atoms with E-state index in [9.17, 15) is 4.79 Å². The van der Waals surface area contributed by atoms with Gasteiger partial charge in [-0.05, 0) is 36.2 Å². The fraction of sp³-hybridized carbons (Fsp3) is 0.235. The topological polar surface area (TPSA) is 47.6 Å². The number of ether oxygens (including phenoxy) is 2. The number of hydrogen-bond acceptors (Lipinski definition) is 4. The molecule has 0 saturated carbocycles. The van der Waals surface area contributed by atoms with Crippen molar-refractivity contribution in [3.63, 3.8) is 0 Å². The highest BCUT2D eigenvalue weighted by molar-refractivity contribution is 7.16. The summed E-state index contributed by atoms with van der Waals surface area (Å²) in [5.74, 6) is 0.934. The first-order valence-electron chi connectivity index (χ1n) is 7.04. The quantitative estimate of drug-likeness (QED) is 0.735. The number of thiophene rings is 1. The van der Waals surface area contributed by atoms with Gasteiger partial charge in [-0.15, -0.1) is 17.9 Å². The van der Waals surface area contributed by atoms with E-state index in [4.69, 9.17) is 21.1 Å². The van der Waals surface area contributed by atoms with Gasteiger partial charge in [0.05, 0.1) is 18.0 Å². The Balaban J connectivity index is 1.86. The molecule has 0 spiro atoms. The van der Waals surface area contributed by atoms with Gasteiger partial charge in [-0.2, -0.15) is 0 Å². The van der Waals surface area contributed by atoms with Crippen molar-refractivity contribution >= 4 is 28.8 Å². The van der Waals surface area contributed by atoms with Crippen LogP contribution in [0.4, 0.5) is 0 Å². The molecule has 122 valence electrons. The first-order valence-corrected chi connectivity index (χ1v) is 8.23. The third-order valence-electron chi connectivity index (χ3n) is 3.06. The van der Waals surface area contributed by atoms with Gasteiger partial charge in [0.2, 0.25) is 0 Å². The van der Waals surface area contributed by atoms with E-state index in [-0.39, 0.29) is 12.5 Å². The van der Waals surface area contributed by atoms with E-state index in [1.54, 1.807) is 19.2 Å². The Morgan fingerprint density at radius 3 is 2.83 bits per heavy atom. The minimum atomic E-state index is -0.202. The van der Waals surface area contributed by atoms with Gasteiger partial charge in [0.15, 0.2) is 18.1 Å². The number of benzene rings is 1. The highest BCUT2D eigenvalue weighted by Gasteiger charge is 2.09. The van der Waals surface area contributed by atoms with Gasteiger partial charge in [-0.1, -0.05) is 23.7 Å². The molecule has 0 aliphatic rings. The van der Waals surface area contributed by atoms with E-state index in [1.165, 1.54) is 11.3 Å². The maximum atomic E-state index is 11.8. The van der Waals surface area contributed by atoms with Crippen LogP contribution in [-0.4, -0.2) is 19.6 Å². The molecular formula is C17H18ClNO3S. The molecule has 0 aliphatic heterocycles. The Labute approximate surface area is 144 Å². The molecule has 0 aliphatic carbocycles. The number of halogens is 1. The van der Waals surface area contributed by atoms with E-state index in [1.807, 2.05) is 24.3 Å². The van der Waals surface area contributed by atoms with Crippen molar-refractivity contribution in [1.82, 2.24) is 5.32 Å². The molecule has 1 heterocycles. The summed E-state index contributed by atoms with van der Waals surface area (Å²) in [7, 11) is 1.57. The lowest BCUT2D eigenvalue weighted by Crippen LogP contribution is -2.28. The van der Waals surface area contributed by atoms with Crippen molar-refractivity contribution in [1.29, 1.82) is 0 Å². The van der Waals surface area contributed by atoms with Crippen LogP contribution >= 0.6 is 22.9 Å². The number of carbonyl (C=O) groups is 1. The lowest BCUT2D eigenvalue weighted by atomic mass is 10.1. The summed E-state index contributed by atoms with van der Waals surface area (Å²) in [6, 6.07) is 9.28. The second kappa shape index (κ2) is 8.60. The minimum absolute atomic E-state index is 0.0731. The molecule has 0 atom stereocenters. The number of carbonyl (C=O) groups excluding carboxylic acids is 1. The predicted molar refractivity (Wildman–Crippen MR) is 93.6 cm³/mol. The van der Waals surface area contributed by atoms with E-state index in [2.05, 4.69) is 11.9 Å². The molecule has 0 fully saturated rings. The summed E-state index contributed by atoms with van der Waals surface area (Å²) in [4.78, 5) is 12.8. The Hall–Kier alpha value is -1.98. The summed E-state index contributed by atoms with van der Waals surface area (Å²) in [6.45, 7) is 4.07. The van der Waals surface area contributed by atoms with E-state index in [0.717, 1.165) is 16.9 Å². The molecule has 23 heavy (non-hydrogen) atoms. The zero-order valence-corrected chi connectivity index (χ0v) is 14.4. The number of methoxy groups -OCH3 is 1. The number of amides is 1.